The van der Waals surface area contributed by atoms with Crippen molar-refractivity contribution in [3.8, 4) is 0 Å². The molecule has 1 aromatic heterocycles. The first kappa shape index (κ1) is 16.8. The van der Waals surface area contributed by atoms with E-state index in [4.69, 9.17) is 23.2 Å². The van der Waals surface area contributed by atoms with E-state index in [2.05, 4.69) is 15.3 Å². The van der Waals surface area contributed by atoms with E-state index >= 15 is 0 Å². The Bertz CT molecular complexity index is 976. The maximum Gasteiger partial charge on any atom is 0.261 e. The van der Waals surface area contributed by atoms with E-state index in [1.165, 1.54) is 18.0 Å². The maximum absolute atomic E-state index is 12.8. The molecular weight excluding hydrogens is 371 g/mol. The molecule has 3 aromatic rings. The van der Waals surface area contributed by atoms with Crippen LogP contribution < -0.4 is 10.2 Å². The van der Waals surface area contributed by atoms with Gasteiger partial charge in [0.05, 0.1) is 16.3 Å². The smallest absolute Gasteiger partial charge is 0.261 e. The summed E-state index contributed by atoms with van der Waals surface area (Å²) in [6.45, 7) is 0.665. The fourth-order valence-corrected chi connectivity index (χ4v) is 3.38. The Hall–Kier alpha value is -2.63. The third kappa shape index (κ3) is 3.23. The van der Waals surface area contributed by atoms with Crippen LogP contribution in [0.4, 0.5) is 17.3 Å². The molecule has 0 spiro atoms. The molecule has 26 heavy (non-hydrogen) atoms. The van der Waals surface area contributed by atoms with Crippen LogP contribution in [0.25, 0.3) is 0 Å². The predicted molar refractivity (Wildman–Crippen MR) is 104 cm³/mol. The fourth-order valence-electron chi connectivity index (χ4n) is 2.92. The number of amides is 1. The summed E-state index contributed by atoms with van der Waals surface area (Å²) < 4.78 is 0. The number of carbonyl (C=O) groups excluding carboxylic acids is 1. The predicted octanol–water partition coefficient (Wildman–Crippen LogP) is 4.73. The van der Waals surface area contributed by atoms with Gasteiger partial charge in [0.25, 0.3) is 5.91 Å². The summed E-state index contributed by atoms with van der Waals surface area (Å²) in [5.74, 6) is 0.249. The molecule has 2 heterocycles. The average Bonchev–Trinajstić information content (AvgIpc) is 3.08. The van der Waals surface area contributed by atoms with E-state index in [1.54, 1.807) is 23.1 Å². The van der Waals surface area contributed by atoms with Gasteiger partial charge in [0, 0.05) is 29.6 Å². The molecule has 0 bridgehead atoms. The Labute approximate surface area is 160 Å². The third-order valence-electron chi connectivity index (χ3n) is 4.21. The number of benzene rings is 2. The molecule has 0 radical (unpaired) electrons. The van der Waals surface area contributed by atoms with Crippen LogP contribution in [0.5, 0.6) is 0 Å². The minimum absolute atomic E-state index is 0.106. The molecule has 1 N–H and O–H groups in total. The lowest BCUT2D eigenvalue weighted by molar-refractivity contribution is 0.0988. The molecule has 1 amide bonds. The van der Waals surface area contributed by atoms with Gasteiger partial charge in [-0.3, -0.25) is 4.79 Å². The number of aromatic nitrogens is 2. The van der Waals surface area contributed by atoms with Gasteiger partial charge < -0.3 is 10.2 Å². The number of para-hydroxylation sites is 1. The highest BCUT2D eigenvalue weighted by Crippen LogP contribution is 2.29. The van der Waals surface area contributed by atoms with Crippen molar-refractivity contribution in [2.24, 2.45) is 0 Å². The average molecular weight is 385 g/mol. The molecule has 130 valence electrons. The van der Waals surface area contributed by atoms with Crippen molar-refractivity contribution in [1.82, 2.24) is 9.97 Å². The summed E-state index contributed by atoms with van der Waals surface area (Å²) >= 11 is 12.0. The van der Waals surface area contributed by atoms with Crippen molar-refractivity contribution in [2.75, 3.05) is 16.8 Å². The van der Waals surface area contributed by atoms with Crippen molar-refractivity contribution in [3.63, 3.8) is 0 Å². The number of fused-ring (bicyclic) bond motifs is 1. The van der Waals surface area contributed by atoms with Crippen LogP contribution in [0.2, 0.25) is 10.0 Å². The highest BCUT2D eigenvalue weighted by atomic mass is 35.5. The standard InChI is InChI=1S/C19H14Cl2N4O/c20-14-5-6-16(15(21)9-14)24-19-22-10-13(11-23-19)18(26)25-8-7-12-3-1-2-4-17(12)25/h1-6,9-11H,7-8H2,(H,22,23,24). The SMILES string of the molecule is O=C(c1cnc(Nc2ccc(Cl)cc2Cl)nc1)N1CCc2ccccc21. The minimum Gasteiger partial charge on any atom is -0.323 e. The number of halogens is 2. The second kappa shape index (κ2) is 6.94. The van der Waals surface area contributed by atoms with E-state index in [-0.39, 0.29) is 5.91 Å². The van der Waals surface area contributed by atoms with Crippen molar-refractivity contribution < 1.29 is 4.79 Å². The van der Waals surface area contributed by atoms with Gasteiger partial charge in [-0.2, -0.15) is 0 Å². The van der Waals surface area contributed by atoms with Gasteiger partial charge in [0.1, 0.15) is 0 Å². The Morgan fingerprint density at radius 2 is 1.85 bits per heavy atom. The highest BCUT2D eigenvalue weighted by Gasteiger charge is 2.25. The monoisotopic (exact) mass is 384 g/mol. The minimum atomic E-state index is -0.106. The number of carbonyl (C=O) groups is 1. The quantitative estimate of drug-likeness (QED) is 0.708. The molecule has 1 aliphatic rings. The van der Waals surface area contributed by atoms with E-state index in [1.807, 2.05) is 24.3 Å². The number of hydrogen-bond acceptors (Lipinski definition) is 4. The lowest BCUT2D eigenvalue weighted by Crippen LogP contribution is -2.29. The Balaban J connectivity index is 1.52. The van der Waals surface area contributed by atoms with E-state index in [9.17, 15) is 4.79 Å². The first-order chi connectivity index (χ1) is 12.6. The van der Waals surface area contributed by atoms with Gasteiger partial charge >= 0.3 is 0 Å². The summed E-state index contributed by atoms with van der Waals surface area (Å²) in [4.78, 5) is 23.0. The second-order valence-electron chi connectivity index (χ2n) is 5.88. The summed E-state index contributed by atoms with van der Waals surface area (Å²) in [5, 5.41) is 4.03. The normalized spacial score (nSPS) is 12.8. The summed E-state index contributed by atoms with van der Waals surface area (Å²) in [6.07, 6.45) is 3.89. The van der Waals surface area contributed by atoms with Crippen LogP contribution in [0.1, 0.15) is 15.9 Å². The molecule has 5 nitrogen and oxygen atoms in total. The summed E-state index contributed by atoms with van der Waals surface area (Å²) in [7, 11) is 0. The molecule has 1 aliphatic heterocycles. The van der Waals surface area contributed by atoms with Crippen molar-refractivity contribution in [2.45, 2.75) is 6.42 Å². The molecule has 0 aliphatic carbocycles. The summed E-state index contributed by atoms with van der Waals surface area (Å²) in [6, 6.07) is 13.0. The van der Waals surface area contributed by atoms with E-state index < -0.39 is 0 Å². The van der Waals surface area contributed by atoms with Crippen LogP contribution in [0.3, 0.4) is 0 Å². The molecule has 0 fully saturated rings. The number of anilines is 3. The molecule has 0 saturated heterocycles. The number of hydrogen-bond donors (Lipinski definition) is 1. The third-order valence-corrected chi connectivity index (χ3v) is 4.76. The molecular formula is C19H14Cl2N4O. The fraction of sp³-hybridized carbons (Fsp3) is 0.105. The first-order valence-electron chi connectivity index (χ1n) is 8.06. The van der Waals surface area contributed by atoms with Gasteiger partial charge in [-0.25, -0.2) is 9.97 Å². The number of nitrogens with zero attached hydrogens (tertiary/aromatic N) is 3. The molecule has 4 rings (SSSR count). The topological polar surface area (TPSA) is 58.1 Å². The molecule has 2 aromatic carbocycles. The zero-order valence-corrected chi connectivity index (χ0v) is 15.1. The first-order valence-corrected chi connectivity index (χ1v) is 8.81. The van der Waals surface area contributed by atoms with Gasteiger partial charge in [0.2, 0.25) is 5.95 Å². The highest BCUT2D eigenvalue weighted by molar-refractivity contribution is 6.36. The molecule has 7 heteroatoms. The van der Waals surface area contributed by atoms with Crippen LogP contribution in [0, 0.1) is 0 Å². The largest absolute Gasteiger partial charge is 0.323 e. The molecule has 0 unspecified atom stereocenters. The Morgan fingerprint density at radius 1 is 1.08 bits per heavy atom. The van der Waals surface area contributed by atoms with Crippen molar-refractivity contribution in [1.29, 1.82) is 0 Å². The zero-order valence-electron chi connectivity index (χ0n) is 13.6. The number of rotatable bonds is 3. The molecule has 0 atom stereocenters. The van der Waals surface area contributed by atoms with Gasteiger partial charge in [-0.1, -0.05) is 41.4 Å². The second-order valence-corrected chi connectivity index (χ2v) is 6.72. The summed E-state index contributed by atoms with van der Waals surface area (Å²) in [5.41, 5.74) is 3.21. The lowest BCUT2D eigenvalue weighted by Gasteiger charge is -2.17. The Morgan fingerprint density at radius 3 is 2.62 bits per heavy atom. The van der Waals surface area contributed by atoms with Gasteiger partial charge in [-0.15, -0.1) is 0 Å². The zero-order chi connectivity index (χ0) is 18.1. The van der Waals surface area contributed by atoms with Crippen LogP contribution >= 0.6 is 23.2 Å². The van der Waals surface area contributed by atoms with Crippen molar-refractivity contribution >= 4 is 46.4 Å². The lowest BCUT2D eigenvalue weighted by atomic mass is 10.2. The van der Waals surface area contributed by atoms with Crippen molar-refractivity contribution in [3.05, 3.63) is 76.0 Å². The maximum atomic E-state index is 12.8. The Kier molecular flexibility index (Phi) is 4.49. The number of nitrogens with one attached hydrogen (secondary N) is 1. The van der Waals surface area contributed by atoms with Gasteiger partial charge in [0.15, 0.2) is 0 Å². The van der Waals surface area contributed by atoms with E-state index in [0.29, 0.717) is 33.8 Å². The van der Waals surface area contributed by atoms with Crippen LogP contribution in [0.15, 0.2) is 54.9 Å². The van der Waals surface area contributed by atoms with E-state index in [0.717, 1.165) is 12.1 Å². The van der Waals surface area contributed by atoms with Crippen LogP contribution in [-0.2, 0) is 6.42 Å². The van der Waals surface area contributed by atoms with Gasteiger partial charge in [-0.05, 0) is 36.2 Å². The molecule has 0 saturated carbocycles. The van der Waals surface area contributed by atoms with Crippen LogP contribution in [-0.4, -0.2) is 22.4 Å².